The Morgan fingerprint density at radius 1 is 1.20 bits per heavy atom. The fraction of sp³-hybridized carbons (Fsp3) is 0.429. The average molecular weight is 432 g/mol. The van der Waals surface area contributed by atoms with Crippen LogP contribution in [0, 0.1) is 16.0 Å². The second-order valence-electron chi connectivity index (χ2n) is 8.07. The summed E-state index contributed by atoms with van der Waals surface area (Å²) >= 11 is 0. The van der Waals surface area contributed by atoms with Gasteiger partial charge in [-0.25, -0.2) is 9.59 Å². The summed E-state index contributed by atoms with van der Waals surface area (Å²) in [6, 6.07) is 5.33. The van der Waals surface area contributed by atoms with Crippen molar-refractivity contribution in [3.63, 3.8) is 0 Å². The van der Waals surface area contributed by atoms with Crippen LogP contribution in [0.2, 0.25) is 0 Å². The Morgan fingerprint density at radius 2 is 1.87 bits per heavy atom. The number of hydrogen-bond acceptors (Lipinski definition) is 7. The van der Waals surface area contributed by atoms with Gasteiger partial charge >= 0.3 is 11.9 Å². The van der Waals surface area contributed by atoms with Crippen molar-refractivity contribution in [2.45, 2.75) is 50.6 Å². The highest BCUT2D eigenvalue weighted by Crippen LogP contribution is 2.69. The number of rotatable bonds is 3. The number of benzene rings is 1. The highest BCUT2D eigenvalue weighted by Gasteiger charge is 2.45. The van der Waals surface area contributed by atoms with Crippen LogP contribution in [0.1, 0.15) is 39.2 Å². The Morgan fingerprint density at radius 3 is 2.43 bits per heavy atom. The smallest absolute Gasteiger partial charge is 0.332 e. The van der Waals surface area contributed by atoms with Crippen LogP contribution in [0.4, 0.5) is 5.69 Å². The Labute approximate surface area is 176 Å². The van der Waals surface area contributed by atoms with E-state index in [-0.39, 0.29) is 11.6 Å². The minimum Gasteiger partial charge on any atom is -0.332 e. The Bertz CT molecular complexity index is 966. The SMILES string of the molecule is CC(C)N1CCC(C2=CS3(OC(=O)C=CC(=O)O3)c3cccc([N+](=O)[O-])c32)CC1C. The largest absolute Gasteiger partial charge is 0.354 e. The van der Waals surface area contributed by atoms with Gasteiger partial charge in [0.25, 0.3) is 5.69 Å². The van der Waals surface area contributed by atoms with Crippen molar-refractivity contribution < 1.29 is 22.9 Å². The predicted octanol–water partition coefficient (Wildman–Crippen LogP) is 4.11. The van der Waals surface area contributed by atoms with E-state index in [0.29, 0.717) is 22.5 Å². The van der Waals surface area contributed by atoms with Crippen molar-refractivity contribution >= 4 is 33.8 Å². The highest BCUT2D eigenvalue weighted by atomic mass is 32.3. The quantitative estimate of drug-likeness (QED) is 0.523. The molecule has 0 radical (unpaired) electrons. The van der Waals surface area contributed by atoms with Crippen LogP contribution in [0.25, 0.3) is 5.57 Å². The minimum absolute atomic E-state index is 0.0374. The normalized spacial score (nSPS) is 26.6. The number of piperidine rings is 1. The molecule has 3 heterocycles. The van der Waals surface area contributed by atoms with Crippen molar-refractivity contribution in [2.24, 2.45) is 5.92 Å². The number of fused-ring (bicyclic) bond motifs is 2. The summed E-state index contributed by atoms with van der Waals surface area (Å²) in [5, 5.41) is 13.5. The van der Waals surface area contributed by atoms with Crippen molar-refractivity contribution in [1.82, 2.24) is 4.90 Å². The zero-order valence-corrected chi connectivity index (χ0v) is 17.9. The first kappa shape index (κ1) is 20.6. The molecule has 160 valence electrons. The molecular formula is C21H24N2O6S. The molecule has 0 N–H and O–H groups in total. The third-order valence-electron chi connectivity index (χ3n) is 5.88. The molecule has 0 saturated carbocycles. The predicted molar refractivity (Wildman–Crippen MR) is 112 cm³/mol. The van der Waals surface area contributed by atoms with Crippen molar-refractivity contribution in [2.75, 3.05) is 6.54 Å². The van der Waals surface area contributed by atoms with Gasteiger partial charge < -0.3 is 8.37 Å². The van der Waals surface area contributed by atoms with E-state index in [0.717, 1.165) is 37.1 Å². The van der Waals surface area contributed by atoms with Crippen LogP contribution in [0.3, 0.4) is 0 Å². The number of likely N-dealkylation sites (tertiary alicyclic amines) is 1. The molecule has 3 aliphatic rings. The van der Waals surface area contributed by atoms with Crippen LogP contribution >= 0.6 is 10.6 Å². The fourth-order valence-corrected chi connectivity index (χ4v) is 7.08. The van der Waals surface area contributed by atoms with Crippen molar-refractivity contribution in [3.05, 3.63) is 51.4 Å². The molecule has 2 atom stereocenters. The van der Waals surface area contributed by atoms with Gasteiger partial charge in [0.05, 0.1) is 20.8 Å². The minimum atomic E-state index is -2.90. The number of nitro benzene ring substituents is 1. The lowest BCUT2D eigenvalue weighted by Crippen LogP contribution is -2.44. The molecule has 4 rings (SSSR count). The number of nitrogens with zero attached hydrogens (tertiary/aromatic N) is 2. The van der Waals surface area contributed by atoms with Crippen LogP contribution < -0.4 is 0 Å². The van der Waals surface area contributed by atoms with E-state index >= 15 is 0 Å². The van der Waals surface area contributed by atoms with E-state index < -0.39 is 27.5 Å². The van der Waals surface area contributed by atoms with Gasteiger partial charge in [-0.15, -0.1) is 0 Å². The number of carbonyl (C=O) groups excluding carboxylic acids is 2. The zero-order chi connectivity index (χ0) is 21.6. The van der Waals surface area contributed by atoms with E-state index in [1.807, 2.05) is 0 Å². The molecule has 8 nitrogen and oxygen atoms in total. The van der Waals surface area contributed by atoms with Gasteiger partial charge in [0, 0.05) is 30.3 Å². The van der Waals surface area contributed by atoms with Gasteiger partial charge in [-0.05, 0) is 57.7 Å². The van der Waals surface area contributed by atoms with E-state index in [1.54, 1.807) is 11.5 Å². The molecule has 1 spiro atoms. The summed E-state index contributed by atoms with van der Waals surface area (Å²) in [5.74, 6) is -1.36. The van der Waals surface area contributed by atoms with Gasteiger partial charge in [0.1, 0.15) is 0 Å². The molecule has 0 aliphatic carbocycles. The van der Waals surface area contributed by atoms with Gasteiger partial charge in [-0.3, -0.25) is 15.0 Å². The third-order valence-corrected chi connectivity index (χ3v) is 8.22. The van der Waals surface area contributed by atoms with E-state index in [9.17, 15) is 19.7 Å². The van der Waals surface area contributed by atoms with Gasteiger partial charge in [0.15, 0.2) is 0 Å². The Balaban J connectivity index is 1.82. The molecule has 0 bridgehead atoms. The fourth-order valence-electron chi connectivity index (χ4n) is 4.62. The standard InChI is InChI=1S/C21H24N2O6S/c1-13(2)22-10-9-15(11-14(22)3)16-12-30(28-19(24)7-8-20(25)29-30)18-6-4-5-17(21(16)18)23(26)27/h4-8,12-15H,9-11H2,1-3H3. The summed E-state index contributed by atoms with van der Waals surface area (Å²) in [4.78, 5) is 38.5. The molecule has 1 aromatic carbocycles. The maximum atomic E-state index is 12.2. The monoisotopic (exact) mass is 432 g/mol. The maximum absolute atomic E-state index is 12.2. The van der Waals surface area contributed by atoms with E-state index in [4.69, 9.17) is 8.37 Å². The third kappa shape index (κ3) is 3.41. The number of hydrogen-bond donors (Lipinski definition) is 0. The maximum Gasteiger partial charge on any atom is 0.354 e. The molecule has 9 heteroatoms. The summed E-state index contributed by atoms with van der Waals surface area (Å²) in [6.45, 7) is 7.32. The molecule has 0 amide bonds. The number of carbonyl (C=O) groups is 2. The lowest BCUT2D eigenvalue weighted by atomic mass is 9.82. The van der Waals surface area contributed by atoms with Crippen LogP contribution in [-0.4, -0.2) is 40.4 Å². The molecule has 0 aromatic heterocycles. The number of nitro groups is 1. The van der Waals surface area contributed by atoms with Crippen LogP contribution in [0.15, 0.2) is 40.7 Å². The Hall–Kier alpha value is -2.65. The first-order valence-electron chi connectivity index (χ1n) is 9.95. The van der Waals surface area contributed by atoms with Gasteiger partial charge in [0.2, 0.25) is 0 Å². The zero-order valence-electron chi connectivity index (χ0n) is 17.1. The van der Waals surface area contributed by atoms with E-state index in [1.165, 1.54) is 12.1 Å². The first-order valence-corrected chi connectivity index (χ1v) is 11.5. The molecular weight excluding hydrogens is 408 g/mol. The molecule has 30 heavy (non-hydrogen) atoms. The van der Waals surface area contributed by atoms with Gasteiger partial charge in [-0.2, -0.15) is 0 Å². The second-order valence-corrected chi connectivity index (χ2v) is 10.2. The molecule has 1 aromatic rings. The molecule has 1 fully saturated rings. The summed E-state index contributed by atoms with van der Waals surface area (Å²) in [7, 11) is -2.90. The summed E-state index contributed by atoms with van der Waals surface area (Å²) in [5.41, 5.74) is 1.10. The topological polar surface area (TPSA) is 99.0 Å². The molecule has 1 saturated heterocycles. The van der Waals surface area contributed by atoms with Crippen LogP contribution in [-0.2, 0) is 18.0 Å². The highest BCUT2D eigenvalue weighted by molar-refractivity contribution is 8.29. The average Bonchev–Trinajstić information content (AvgIpc) is 2.91. The lowest BCUT2D eigenvalue weighted by molar-refractivity contribution is -0.385. The van der Waals surface area contributed by atoms with E-state index in [2.05, 4.69) is 25.7 Å². The first-order chi connectivity index (χ1) is 14.2. The summed E-state index contributed by atoms with van der Waals surface area (Å²) in [6.07, 6.45) is 3.67. The lowest BCUT2D eigenvalue weighted by Gasteiger charge is -2.40. The Kier molecular flexibility index (Phi) is 5.19. The number of allylic oxidation sites excluding steroid dienone is 1. The van der Waals surface area contributed by atoms with Gasteiger partial charge in [-0.1, -0.05) is 16.7 Å². The molecule has 2 unspecified atom stereocenters. The molecule has 3 aliphatic heterocycles. The second kappa shape index (κ2) is 7.55. The van der Waals surface area contributed by atoms with Crippen LogP contribution in [0.5, 0.6) is 0 Å². The van der Waals surface area contributed by atoms with Crippen molar-refractivity contribution in [3.8, 4) is 0 Å². The van der Waals surface area contributed by atoms with Crippen molar-refractivity contribution in [1.29, 1.82) is 0 Å². The summed E-state index contributed by atoms with van der Waals surface area (Å²) < 4.78 is 11.2.